The second-order valence-corrected chi connectivity index (χ2v) is 58.8. The summed E-state index contributed by atoms with van der Waals surface area (Å²) in [5.41, 5.74) is 15.8. The number of carbonyl (C=O) groups excluding carboxylic acids is 5. The Balaban J connectivity index is 0.000000130. The average molecular weight is 2040 g/mol. The van der Waals surface area contributed by atoms with E-state index < -0.39 is 32.7 Å². The SMILES string of the molecule is CC=C1C(C)CC2C3CCC4=CC(=O)CCC4(C)C3CCC12C.CC=C1C(OP(C)(=O)O)CC2C3CCC4=CC(=O)CCC4(C)C3CCC12C.CC=C1C(OP(C)(=O)OCC(C)CC)CC2C3CCC4=CC(=O)CCC4(C)C3CCC12C.CC=C1C(OP(C)(C)=O)CC2C3CCC4=CC(=O)CCC4(C)C3CCC12C.CC=C1C(OS(C)(=O)=O)CC2C3CCC4=CC(=O)CCC4(C)C3CCC12C.[Y]. The van der Waals surface area contributed by atoms with Crippen LogP contribution in [0.15, 0.2) is 116 Å². The van der Waals surface area contributed by atoms with Gasteiger partial charge in [0.1, 0.15) is 0 Å². The van der Waals surface area contributed by atoms with Crippen molar-refractivity contribution in [1.29, 1.82) is 0 Å². The molecule has 16 nitrogen and oxygen atoms in total. The van der Waals surface area contributed by atoms with Crippen molar-refractivity contribution in [3.63, 3.8) is 0 Å². The fraction of sp³-hybridized carbons (Fsp3) is 0.784. The Morgan fingerprint density at radius 3 is 0.869 bits per heavy atom. The quantitative estimate of drug-likeness (QED) is 0.109. The van der Waals surface area contributed by atoms with Crippen molar-refractivity contribution in [1.82, 2.24) is 0 Å². The van der Waals surface area contributed by atoms with Crippen LogP contribution in [-0.2, 0) is 103 Å². The minimum absolute atomic E-state index is 0. The Labute approximate surface area is 851 Å². The Morgan fingerprint density at radius 2 is 0.613 bits per heavy atom. The maximum absolute atomic E-state index is 13.2. The first-order valence-electron chi connectivity index (χ1n) is 54.2. The molecule has 0 saturated heterocycles. The third kappa shape index (κ3) is 19.8. The summed E-state index contributed by atoms with van der Waals surface area (Å²) in [6.45, 7) is 48.3. The summed E-state index contributed by atoms with van der Waals surface area (Å²) >= 11 is 0. The zero-order valence-corrected chi connectivity index (χ0v) is 94.8. The summed E-state index contributed by atoms with van der Waals surface area (Å²) in [5, 5.41) is 0. The molecule has 1 N–H and O–H groups in total. The Hall–Kier alpha value is -2.75. The number of hydrogen-bond acceptors (Lipinski definition) is 15. The van der Waals surface area contributed by atoms with E-state index in [0.717, 1.165) is 171 Å². The van der Waals surface area contributed by atoms with Gasteiger partial charge < -0.3 is 23.0 Å². The molecule has 0 aromatic heterocycles. The summed E-state index contributed by atoms with van der Waals surface area (Å²) in [7, 11) is -12.6. The molecule has 0 amide bonds. The van der Waals surface area contributed by atoms with Gasteiger partial charge in [-0.25, -0.2) is 0 Å². The van der Waals surface area contributed by atoms with Gasteiger partial charge in [-0.2, -0.15) is 8.42 Å². The van der Waals surface area contributed by atoms with E-state index in [0.29, 0.717) is 149 Å². The first-order chi connectivity index (χ1) is 63.7. The van der Waals surface area contributed by atoms with Gasteiger partial charge in [0.05, 0.1) is 37.3 Å². The molecule has 759 valence electrons. The van der Waals surface area contributed by atoms with Gasteiger partial charge in [-0.05, 0) is 435 Å². The minimum Gasteiger partial charge on any atom is -0.324 e. The average Bonchev–Trinajstić information content (AvgIpc) is 1.64. The van der Waals surface area contributed by atoms with E-state index in [4.69, 9.17) is 22.3 Å². The van der Waals surface area contributed by atoms with Crippen LogP contribution in [0.5, 0.6) is 0 Å². The predicted molar refractivity (Wildman–Crippen MR) is 547 cm³/mol. The van der Waals surface area contributed by atoms with Crippen LogP contribution in [0.25, 0.3) is 0 Å². The molecule has 15 saturated carbocycles. The van der Waals surface area contributed by atoms with Crippen LogP contribution in [-0.4, -0.2) is 106 Å². The molecule has 0 spiro atoms. The van der Waals surface area contributed by atoms with Crippen LogP contribution in [0.1, 0.15) is 356 Å². The van der Waals surface area contributed by atoms with Crippen molar-refractivity contribution >= 4 is 61.6 Å². The smallest absolute Gasteiger partial charge is 0.324 e. The van der Waals surface area contributed by atoms with Gasteiger partial charge in [0.2, 0.25) is 0 Å². The summed E-state index contributed by atoms with van der Waals surface area (Å²) < 4.78 is 90.6. The van der Waals surface area contributed by atoms with E-state index in [9.17, 15) is 51.0 Å². The largest absolute Gasteiger partial charge is 0.328 e. The minimum atomic E-state index is -3.52. The summed E-state index contributed by atoms with van der Waals surface area (Å²) in [5.74, 6) is 12.5. The normalized spacial score (nSPS) is 46.1. The molecule has 137 heavy (non-hydrogen) atoms. The molecule has 20 aliphatic carbocycles. The van der Waals surface area contributed by atoms with Gasteiger partial charge in [-0.15, -0.1) is 0 Å². The molecule has 20 rings (SSSR count). The van der Waals surface area contributed by atoms with E-state index in [1.54, 1.807) is 25.6 Å². The molecule has 0 aromatic rings. The van der Waals surface area contributed by atoms with Crippen LogP contribution in [0.4, 0.5) is 0 Å². The van der Waals surface area contributed by atoms with Gasteiger partial charge in [0, 0.05) is 91.5 Å². The number of fused-ring (bicyclic) bond motifs is 25. The topological polar surface area (TPSA) is 237 Å². The van der Waals surface area contributed by atoms with E-state index >= 15 is 0 Å². The van der Waals surface area contributed by atoms with Crippen LogP contribution < -0.4 is 0 Å². The van der Waals surface area contributed by atoms with Gasteiger partial charge in [-0.3, -0.25) is 41.9 Å². The van der Waals surface area contributed by atoms with E-state index in [1.807, 2.05) is 44.2 Å². The maximum Gasteiger partial charge on any atom is 0.328 e. The van der Waals surface area contributed by atoms with Crippen LogP contribution in [0, 0.1) is 155 Å². The van der Waals surface area contributed by atoms with Crippen molar-refractivity contribution < 1.29 is 106 Å². The molecule has 33 atom stereocenters. The zero-order chi connectivity index (χ0) is 98.6. The van der Waals surface area contributed by atoms with E-state index in [2.05, 4.69) is 141 Å². The first-order valence-corrected chi connectivity index (χ1v) is 62.6. The third-order valence-electron chi connectivity index (χ3n) is 43.6. The molecule has 0 aromatic carbocycles. The molecule has 0 aliphatic heterocycles. The molecule has 33 unspecified atom stereocenters. The molecule has 20 aliphatic rings. The fourth-order valence-corrected chi connectivity index (χ4v) is 40.1. The van der Waals surface area contributed by atoms with Crippen molar-refractivity contribution in [3.8, 4) is 0 Å². The molecule has 1 radical (unpaired) electrons. The van der Waals surface area contributed by atoms with E-state index in [-0.39, 0.29) is 100 Å². The first kappa shape index (κ1) is 108. The monoisotopic (exact) mass is 2040 g/mol. The number of hydrogen-bond donors (Lipinski definition) is 1. The maximum atomic E-state index is 13.2. The summed E-state index contributed by atoms with van der Waals surface area (Å²) in [6, 6.07) is 0. The molecular weight excluding hydrogens is 1860 g/mol. The zero-order valence-electron chi connectivity index (χ0n) is 88.5. The van der Waals surface area contributed by atoms with Crippen molar-refractivity contribution in [3.05, 3.63) is 116 Å². The van der Waals surface area contributed by atoms with Gasteiger partial charge in [-0.1, -0.05) is 160 Å². The Morgan fingerprint density at radius 1 is 0.365 bits per heavy atom. The Bertz CT molecular complexity index is 5170. The van der Waals surface area contributed by atoms with Crippen LogP contribution in [0.3, 0.4) is 0 Å². The summed E-state index contributed by atoms with van der Waals surface area (Å²) in [6.07, 6.45) is 59.5. The Kier molecular flexibility index (Phi) is 31.7. The third-order valence-corrected chi connectivity index (χ3v) is 46.9. The van der Waals surface area contributed by atoms with Gasteiger partial charge >= 0.3 is 15.2 Å². The summed E-state index contributed by atoms with van der Waals surface area (Å²) in [4.78, 5) is 69.7. The fourth-order valence-electron chi connectivity index (χ4n) is 36.8. The van der Waals surface area contributed by atoms with Crippen molar-refractivity contribution in [2.24, 2.45) is 155 Å². The number of allylic oxidation sites excluding steroid dienone is 11. The van der Waals surface area contributed by atoms with Gasteiger partial charge in [0.25, 0.3) is 10.1 Å². The number of ketones is 5. The molecular formula is C116H175O16P3SY. The molecule has 21 heteroatoms. The molecule has 0 heterocycles. The van der Waals surface area contributed by atoms with Crippen molar-refractivity contribution in [2.45, 2.75) is 380 Å². The van der Waals surface area contributed by atoms with E-state index in [1.165, 1.54) is 121 Å². The van der Waals surface area contributed by atoms with Crippen LogP contribution in [0.2, 0.25) is 0 Å². The standard InChI is InChI=1S/C27H43O4P.C23H35O3P.C22H33O4P.C22H32O4S.C22H32O.Y/c1-7-18(3)17-30-32(6,29)31-25-16-24-21-10-9-19-15-20(28)11-13-26(19,4)23(21)12-14-27(24,5)22(25)8-2;1-6-18-21(26-27(4,5)25)14-20-17-8-7-15-13-16(24)9-11-22(15,2)19(17)10-12-23(18,20)3;2*1-5-17-20(26-27(4,24)25)13-19-16-7-6-14-12-15(23)8-10-21(14,2)18(16)9-11-22(17,19)3;1-5-18-14(2)12-20-17-7-6-15-13-16(23)8-10-21(15,3)19(17)9-11-22(18,20)4;/h8,15,18,21,23-25H,7,9-14,16-17H2,1-6H3;6,13,17,19-21H,7-12,14H2,1-5H3;5,12,16,18-20H,6-11,13H2,1-4H3,(H,24,25);5,12,16,18-20H,6-11,13H2,1-4H3;5,13-14,17,19-20H,6-12H2,1-4H3;. The number of rotatable bonds is 12. The van der Waals surface area contributed by atoms with Gasteiger partial charge in [0.15, 0.2) is 36.3 Å². The second-order valence-electron chi connectivity index (χ2n) is 50.6. The second kappa shape index (κ2) is 40.0. The van der Waals surface area contributed by atoms with Crippen molar-refractivity contribution in [2.75, 3.05) is 39.5 Å². The predicted octanol–water partition coefficient (Wildman–Crippen LogP) is 28.7. The van der Waals surface area contributed by atoms with Crippen LogP contribution >= 0.6 is 22.6 Å². The molecule has 0 bridgehead atoms. The number of carbonyl (C=O) groups is 5. The molecule has 15 fully saturated rings.